The van der Waals surface area contributed by atoms with Gasteiger partial charge in [0.1, 0.15) is 0 Å². The van der Waals surface area contributed by atoms with Crippen LogP contribution >= 0.6 is 0 Å². The molecule has 0 aliphatic heterocycles. The predicted octanol–water partition coefficient (Wildman–Crippen LogP) is 3.79. The van der Waals surface area contributed by atoms with Crippen LogP contribution in [0.3, 0.4) is 0 Å². The fourth-order valence-corrected chi connectivity index (χ4v) is 3.94. The number of carbonyl (C=O) groups is 2. The molecule has 1 saturated carbocycles. The Morgan fingerprint density at radius 2 is 1.63 bits per heavy atom. The second-order valence-electron chi connectivity index (χ2n) is 7.45. The van der Waals surface area contributed by atoms with Gasteiger partial charge in [0.15, 0.2) is 5.82 Å². The van der Waals surface area contributed by atoms with E-state index in [9.17, 15) is 9.59 Å². The van der Waals surface area contributed by atoms with Crippen LogP contribution in [-0.2, 0) is 4.79 Å². The summed E-state index contributed by atoms with van der Waals surface area (Å²) >= 11 is 0. The Kier molecular flexibility index (Phi) is 5.88. The number of hydrogen-bond donors (Lipinski definition) is 1. The molecule has 7 heteroatoms. The molecule has 1 amide bonds. The molecule has 3 aromatic rings. The highest BCUT2D eigenvalue weighted by Gasteiger charge is 2.31. The quantitative estimate of drug-likeness (QED) is 0.647. The van der Waals surface area contributed by atoms with Crippen LogP contribution in [0.4, 0.5) is 0 Å². The first-order valence-electron chi connectivity index (χ1n) is 10.2. The van der Waals surface area contributed by atoms with Crippen molar-refractivity contribution in [2.45, 2.75) is 38.1 Å². The summed E-state index contributed by atoms with van der Waals surface area (Å²) in [6.45, 7) is 0.166. The Morgan fingerprint density at radius 1 is 1.00 bits per heavy atom. The lowest BCUT2D eigenvalue weighted by atomic mass is 10.2. The molecule has 1 aliphatic carbocycles. The van der Waals surface area contributed by atoms with Crippen molar-refractivity contribution in [1.29, 1.82) is 0 Å². The normalized spacial score (nSPS) is 14.0. The molecule has 30 heavy (non-hydrogen) atoms. The van der Waals surface area contributed by atoms with Crippen LogP contribution in [0, 0.1) is 0 Å². The molecular weight excluding hydrogens is 380 g/mol. The number of aliphatic carboxylic acids is 1. The third kappa shape index (κ3) is 4.25. The van der Waals surface area contributed by atoms with E-state index in [4.69, 9.17) is 5.11 Å². The van der Waals surface area contributed by atoms with Gasteiger partial charge in [-0.05, 0) is 25.0 Å². The molecule has 0 spiro atoms. The van der Waals surface area contributed by atoms with Crippen LogP contribution in [0.5, 0.6) is 0 Å². The van der Waals surface area contributed by atoms with E-state index >= 15 is 0 Å². The highest BCUT2D eigenvalue weighted by atomic mass is 16.4. The molecule has 1 N–H and O–H groups in total. The van der Waals surface area contributed by atoms with Gasteiger partial charge in [0.2, 0.25) is 5.82 Å². The average Bonchev–Trinajstić information content (AvgIpc) is 3.45. The molecule has 2 aromatic carbocycles. The Bertz CT molecular complexity index is 954. The Balaban J connectivity index is 1.73. The van der Waals surface area contributed by atoms with Crippen LogP contribution in [0.2, 0.25) is 0 Å². The van der Waals surface area contributed by atoms with Crippen LogP contribution in [0.15, 0.2) is 60.7 Å². The zero-order valence-electron chi connectivity index (χ0n) is 16.6. The SMILES string of the molecule is O=C(O)CCN(C(=O)c1nc(-c2ccccc2)n(-c2ccccc2)n1)C1CCCC1. The lowest BCUT2D eigenvalue weighted by Gasteiger charge is -2.27. The molecule has 4 rings (SSSR count). The minimum absolute atomic E-state index is 0.0423. The van der Waals surface area contributed by atoms with Crippen molar-refractivity contribution in [2.75, 3.05) is 6.54 Å². The number of hydrogen-bond acceptors (Lipinski definition) is 4. The summed E-state index contributed by atoms with van der Waals surface area (Å²) in [5, 5.41) is 13.7. The van der Waals surface area contributed by atoms with Crippen molar-refractivity contribution in [1.82, 2.24) is 19.7 Å². The minimum Gasteiger partial charge on any atom is -0.481 e. The second kappa shape index (κ2) is 8.90. The standard InChI is InChI=1S/C23H24N4O3/c28-20(29)15-16-26(18-11-7-8-12-18)23(30)21-24-22(17-9-3-1-4-10-17)27(25-21)19-13-5-2-6-14-19/h1-6,9-10,13-14,18H,7-8,11-12,15-16H2,(H,28,29). The largest absolute Gasteiger partial charge is 0.481 e. The Hall–Kier alpha value is -3.48. The van der Waals surface area contributed by atoms with Crippen LogP contribution in [0.25, 0.3) is 17.1 Å². The first-order chi connectivity index (χ1) is 14.6. The minimum atomic E-state index is -0.918. The Labute approximate surface area is 175 Å². The van der Waals surface area contributed by atoms with Gasteiger partial charge in [-0.2, -0.15) is 0 Å². The van der Waals surface area contributed by atoms with E-state index < -0.39 is 5.97 Å². The van der Waals surface area contributed by atoms with E-state index in [1.54, 1.807) is 9.58 Å². The summed E-state index contributed by atoms with van der Waals surface area (Å²) in [5.41, 5.74) is 1.66. The average molecular weight is 404 g/mol. The summed E-state index contributed by atoms with van der Waals surface area (Å²) in [5.74, 6) is -0.557. The van der Waals surface area contributed by atoms with Gasteiger partial charge < -0.3 is 10.0 Å². The zero-order valence-corrected chi connectivity index (χ0v) is 16.6. The van der Waals surface area contributed by atoms with Crippen molar-refractivity contribution >= 4 is 11.9 Å². The summed E-state index contributed by atoms with van der Waals surface area (Å²) in [4.78, 5) is 30.7. The lowest BCUT2D eigenvalue weighted by Crippen LogP contribution is -2.40. The molecule has 0 radical (unpaired) electrons. The lowest BCUT2D eigenvalue weighted by molar-refractivity contribution is -0.137. The van der Waals surface area contributed by atoms with Crippen LogP contribution < -0.4 is 0 Å². The summed E-state index contributed by atoms with van der Waals surface area (Å²) < 4.78 is 1.67. The zero-order chi connectivity index (χ0) is 20.9. The Morgan fingerprint density at radius 3 is 2.27 bits per heavy atom. The number of para-hydroxylation sites is 1. The number of carboxylic acid groups (broad SMARTS) is 1. The molecule has 1 aliphatic rings. The molecule has 1 aromatic heterocycles. The molecule has 7 nitrogen and oxygen atoms in total. The van der Waals surface area contributed by atoms with Crippen molar-refractivity contribution < 1.29 is 14.7 Å². The van der Waals surface area contributed by atoms with Crippen molar-refractivity contribution in [2.24, 2.45) is 0 Å². The monoisotopic (exact) mass is 404 g/mol. The smallest absolute Gasteiger partial charge is 0.305 e. The highest BCUT2D eigenvalue weighted by molar-refractivity contribution is 5.91. The number of carboxylic acids is 1. The summed E-state index contributed by atoms with van der Waals surface area (Å²) in [6, 6.07) is 19.2. The van der Waals surface area contributed by atoms with Gasteiger partial charge in [-0.1, -0.05) is 61.4 Å². The van der Waals surface area contributed by atoms with Crippen LogP contribution in [0.1, 0.15) is 42.7 Å². The third-order valence-electron chi connectivity index (χ3n) is 5.42. The summed E-state index contributed by atoms with van der Waals surface area (Å²) in [6.07, 6.45) is 3.77. The van der Waals surface area contributed by atoms with Gasteiger partial charge in [0.25, 0.3) is 5.91 Å². The van der Waals surface area contributed by atoms with Gasteiger partial charge in [-0.25, -0.2) is 9.67 Å². The van der Waals surface area contributed by atoms with Gasteiger partial charge in [0.05, 0.1) is 12.1 Å². The van der Waals surface area contributed by atoms with E-state index in [1.807, 2.05) is 60.7 Å². The first-order valence-corrected chi connectivity index (χ1v) is 10.2. The van der Waals surface area contributed by atoms with E-state index in [-0.39, 0.29) is 30.7 Å². The van der Waals surface area contributed by atoms with Gasteiger partial charge in [0, 0.05) is 18.2 Å². The number of benzene rings is 2. The number of amides is 1. The second-order valence-corrected chi connectivity index (χ2v) is 7.45. The molecule has 0 unspecified atom stereocenters. The molecular formula is C23H24N4O3. The number of carbonyl (C=O) groups excluding carboxylic acids is 1. The molecule has 0 bridgehead atoms. The molecule has 0 atom stereocenters. The van der Waals surface area contributed by atoms with Crippen molar-refractivity contribution in [3.63, 3.8) is 0 Å². The fraction of sp³-hybridized carbons (Fsp3) is 0.304. The fourth-order valence-electron chi connectivity index (χ4n) is 3.94. The molecule has 0 saturated heterocycles. The van der Waals surface area contributed by atoms with E-state index in [0.717, 1.165) is 36.9 Å². The van der Waals surface area contributed by atoms with E-state index in [1.165, 1.54) is 0 Å². The maximum Gasteiger partial charge on any atom is 0.305 e. The first kappa shape index (κ1) is 19.8. The number of aromatic nitrogens is 3. The third-order valence-corrected chi connectivity index (χ3v) is 5.42. The molecule has 1 fully saturated rings. The van der Waals surface area contributed by atoms with Crippen LogP contribution in [-0.4, -0.2) is 49.2 Å². The molecule has 1 heterocycles. The van der Waals surface area contributed by atoms with E-state index in [2.05, 4.69) is 10.1 Å². The highest BCUT2D eigenvalue weighted by Crippen LogP contribution is 2.26. The predicted molar refractivity (Wildman–Crippen MR) is 112 cm³/mol. The maximum atomic E-state index is 13.4. The molecule has 154 valence electrons. The summed E-state index contributed by atoms with van der Waals surface area (Å²) in [7, 11) is 0. The van der Waals surface area contributed by atoms with Crippen molar-refractivity contribution in [3.05, 3.63) is 66.5 Å². The number of nitrogens with zero attached hydrogens (tertiary/aromatic N) is 4. The van der Waals surface area contributed by atoms with E-state index in [0.29, 0.717) is 5.82 Å². The maximum absolute atomic E-state index is 13.4. The topological polar surface area (TPSA) is 88.3 Å². The number of rotatable bonds is 7. The van der Waals surface area contributed by atoms with Crippen molar-refractivity contribution in [3.8, 4) is 17.1 Å². The van der Waals surface area contributed by atoms with Gasteiger partial charge in [-0.3, -0.25) is 9.59 Å². The van der Waals surface area contributed by atoms with Gasteiger partial charge in [-0.15, -0.1) is 5.10 Å². The van der Waals surface area contributed by atoms with Gasteiger partial charge >= 0.3 is 5.97 Å².